The summed E-state index contributed by atoms with van der Waals surface area (Å²) in [7, 11) is 1.63. The first kappa shape index (κ1) is 25.8. The fourth-order valence-electron chi connectivity index (χ4n) is 3.68. The summed E-state index contributed by atoms with van der Waals surface area (Å²) in [6.45, 7) is 3.44. The molecule has 4 rings (SSSR count). The topological polar surface area (TPSA) is 70.4 Å². The number of thioether (sulfide) groups is 2. The van der Waals surface area contributed by atoms with Crippen molar-refractivity contribution in [3.05, 3.63) is 83.4 Å². The van der Waals surface area contributed by atoms with E-state index in [9.17, 15) is 14.0 Å². The van der Waals surface area contributed by atoms with Gasteiger partial charge in [-0.3, -0.25) is 14.3 Å². The number of carbonyl (C=O) groups is 2. The number of hydrogen-bond donors (Lipinski definition) is 0. The van der Waals surface area contributed by atoms with Crippen molar-refractivity contribution in [3.63, 3.8) is 0 Å². The molecule has 0 bridgehead atoms. The Morgan fingerprint density at radius 2 is 1.78 bits per heavy atom. The molecule has 36 heavy (non-hydrogen) atoms. The van der Waals surface area contributed by atoms with Gasteiger partial charge < -0.3 is 9.47 Å². The number of methoxy groups -OCH3 is 1. The third-order valence-electron chi connectivity index (χ3n) is 5.32. The zero-order valence-electron chi connectivity index (χ0n) is 20.1. The van der Waals surface area contributed by atoms with Crippen molar-refractivity contribution >= 4 is 45.4 Å². The number of esters is 1. The van der Waals surface area contributed by atoms with Crippen molar-refractivity contribution in [1.82, 2.24) is 9.78 Å². The lowest BCUT2D eigenvalue weighted by Crippen LogP contribution is -2.06. The first-order valence-electron chi connectivity index (χ1n) is 11.2. The zero-order chi connectivity index (χ0) is 25.7. The molecule has 9 heteroatoms. The van der Waals surface area contributed by atoms with Crippen molar-refractivity contribution < 1.29 is 23.5 Å². The van der Waals surface area contributed by atoms with E-state index < -0.39 is 5.97 Å². The van der Waals surface area contributed by atoms with Gasteiger partial charge in [0.05, 0.1) is 19.3 Å². The first-order valence-corrected chi connectivity index (χ1v) is 13.1. The third-order valence-corrected chi connectivity index (χ3v) is 7.17. The van der Waals surface area contributed by atoms with Gasteiger partial charge in [0.15, 0.2) is 5.12 Å². The highest BCUT2D eigenvalue weighted by atomic mass is 32.2. The highest BCUT2D eigenvalue weighted by Gasteiger charge is 2.13. The van der Waals surface area contributed by atoms with E-state index in [0.717, 1.165) is 27.6 Å². The second-order valence-electron chi connectivity index (χ2n) is 8.08. The van der Waals surface area contributed by atoms with E-state index in [1.165, 1.54) is 42.6 Å². The van der Waals surface area contributed by atoms with Crippen LogP contribution in [0.4, 0.5) is 4.39 Å². The minimum atomic E-state index is -0.437. The molecule has 0 saturated carbocycles. The van der Waals surface area contributed by atoms with Crippen LogP contribution in [-0.4, -0.2) is 28.0 Å². The molecule has 0 spiro atoms. The first-order chi connectivity index (χ1) is 17.3. The largest absolute Gasteiger partial charge is 0.497 e. The standard InChI is InChI=1S/C27H25FN2O4S2/c1-17(31)34-27-13-25(11-20-10-21(28)6-9-26(20)27)36-16-23-12-22(15-35-18(2)32)29-30(23)14-19-4-7-24(33-3)8-5-19/h4-13H,14-16H2,1-3H3. The van der Waals surface area contributed by atoms with Crippen molar-refractivity contribution in [2.75, 3.05) is 7.11 Å². The van der Waals surface area contributed by atoms with Crippen molar-refractivity contribution in [2.24, 2.45) is 0 Å². The SMILES string of the molecule is COc1ccc(Cn2nc(CSC(C)=O)cc2CSc2cc(OC(C)=O)c3ccc(F)cc3c2)cc1. The summed E-state index contributed by atoms with van der Waals surface area (Å²) in [5.41, 5.74) is 2.86. The maximum atomic E-state index is 13.9. The summed E-state index contributed by atoms with van der Waals surface area (Å²) in [5, 5.41) is 6.09. The molecule has 0 unspecified atom stereocenters. The van der Waals surface area contributed by atoms with E-state index in [0.29, 0.717) is 34.6 Å². The summed E-state index contributed by atoms with van der Waals surface area (Å²) < 4.78 is 26.5. The number of fused-ring (bicyclic) bond motifs is 1. The second kappa shape index (κ2) is 11.6. The number of rotatable bonds is 9. The molecule has 0 aliphatic rings. The molecule has 0 atom stereocenters. The number of hydrogen-bond acceptors (Lipinski definition) is 7. The molecule has 0 radical (unpaired) electrons. The van der Waals surface area contributed by atoms with Crippen LogP contribution < -0.4 is 9.47 Å². The normalized spacial score (nSPS) is 11.0. The van der Waals surface area contributed by atoms with Gasteiger partial charge in [-0.25, -0.2) is 4.39 Å². The summed E-state index contributed by atoms with van der Waals surface area (Å²) >= 11 is 2.76. The lowest BCUT2D eigenvalue weighted by atomic mass is 10.1. The van der Waals surface area contributed by atoms with Crippen LogP contribution in [0.2, 0.25) is 0 Å². The van der Waals surface area contributed by atoms with Gasteiger partial charge in [-0.1, -0.05) is 23.9 Å². The average molecular weight is 525 g/mol. The molecule has 4 aromatic rings. The zero-order valence-corrected chi connectivity index (χ0v) is 21.7. The van der Waals surface area contributed by atoms with Crippen LogP contribution in [0, 0.1) is 5.82 Å². The molecule has 0 N–H and O–H groups in total. The van der Waals surface area contributed by atoms with Crippen LogP contribution in [0.25, 0.3) is 10.8 Å². The van der Waals surface area contributed by atoms with Gasteiger partial charge in [0.1, 0.15) is 17.3 Å². The van der Waals surface area contributed by atoms with Gasteiger partial charge in [-0.05, 0) is 59.5 Å². The fourth-order valence-corrected chi connectivity index (χ4v) is 5.12. The Morgan fingerprint density at radius 3 is 2.47 bits per heavy atom. The van der Waals surface area contributed by atoms with Gasteiger partial charge >= 0.3 is 5.97 Å². The molecule has 3 aromatic carbocycles. The van der Waals surface area contributed by atoms with E-state index in [1.807, 2.05) is 41.1 Å². The number of aromatic nitrogens is 2. The van der Waals surface area contributed by atoms with Gasteiger partial charge in [-0.15, -0.1) is 11.8 Å². The minimum Gasteiger partial charge on any atom is -0.497 e. The average Bonchev–Trinajstić information content (AvgIpc) is 3.22. The third kappa shape index (κ3) is 6.67. The Labute approximate surface area is 217 Å². The van der Waals surface area contributed by atoms with Gasteiger partial charge in [0, 0.05) is 41.3 Å². The smallest absolute Gasteiger partial charge is 0.308 e. The quantitative estimate of drug-likeness (QED) is 0.146. The molecular formula is C27H25FN2O4S2. The number of ether oxygens (including phenoxy) is 2. The molecule has 0 aliphatic heterocycles. The Morgan fingerprint density at radius 1 is 1.00 bits per heavy atom. The summed E-state index contributed by atoms with van der Waals surface area (Å²) in [4.78, 5) is 23.9. The highest BCUT2D eigenvalue weighted by Crippen LogP contribution is 2.34. The number of nitrogens with zero attached hydrogens (tertiary/aromatic N) is 2. The maximum absolute atomic E-state index is 13.9. The van der Waals surface area contributed by atoms with E-state index in [2.05, 4.69) is 0 Å². The highest BCUT2D eigenvalue weighted by molar-refractivity contribution is 8.12. The molecule has 0 fully saturated rings. The molecule has 1 aromatic heterocycles. The number of carbonyl (C=O) groups excluding carboxylic acids is 2. The van der Waals surface area contributed by atoms with Crippen molar-refractivity contribution in [3.8, 4) is 11.5 Å². The number of halogens is 1. The van der Waals surface area contributed by atoms with E-state index in [4.69, 9.17) is 14.6 Å². The van der Waals surface area contributed by atoms with E-state index in [-0.39, 0.29) is 10.9 Å². The van der Waals surface area contributed by atoms with E-state index in [1.54, 1.807) is 26.2 Å². The molecule has 1 heterocycles. The molecule has 0 amide bonds. The molecule has 0 saturated heterocycles. The molecule has 186 valence electrons. The number of benzene rings is 3. The monoisotopic (exact) mass is 524 g/mol. The van der Waals surface area contributed by atoms with Crippen LogP contribution in [0.1, 0.15) is 30.8 Å². The lowest BCUT2D eigenvalue weighted by molar-refractivity contribution is -0.131. The Hall–Kier alpha value is -3.30. The van der Waals surface area contributed by atoms with Gasteiger partial charge in [0.25, 0.3) is 0 Å². The van der Waals surface area contributed by atoms with Crippen LogP contribution in [-0.2, 0) is 27.6 Å². The Balaban J connectivity index is 1.60. The van der Waals surface area contributed by atoms with Crippen molar-refractivity contribution in [2.45, 2.75) is 36.8 Å². The molecule has 6 nitrogen and oxygen atoms in total. The Bertz CT molecular complexity index is 1400. The van der Waals surface area contributed by atoms with Gasteiger partial charge in [0.2, 0.25) is 0 Å². The van der Waals surface area contributed by atoms with Crippen molar-refractivity contribution in [1.29, 1.82) is 0 Å². The van der Waals surface area contributed by atoms with Crippen LogP contribution in [0.5, 0.6) is 11.5 Å². The van der Waals surface area contributed by atoms with E-state index >= 15 is 0 Å². The second-order valence-corrected chi connectivity index (χ2v) is 10.3. The molecular weight excluding hydrogens is 499 g/mol. The fraction of sp³-hybridized carbons (Fsp3) is 0.222. The minimum absolute atomic E-state index is 0.0389. The predicted molar refractivity (Wildman–Crippen MR) is 141 cm³/mol. The Kier molecular flexibility index (Phi) is 8.32. The lowest BCUT2D eigenvalue weighted by Gasteiger charge is -2.11. The van der Waals surface area contributed by atoms with Gasteiger partial charge in [-0.2, -0.15) is 5.10 Å². The van der Waals surface area contributed by atoms with Crippen LogP contribution in [0.3, 0.4) is 0 Å². The van der Waals surface area contributed by atoms with Crippen LogP contribution in [0.15, 0.2) is 65.6 Å². The maximum Gasteiger partial charge on any atom is 0.308 e. The van der Waals surface area contributed by atoms with Crippen LogP contribution >= 0.6 is 23.5 Å². The summed E-state index contributed by atoms with van der Waals surface area (Å²) in [5.74, 6) is 1.46. The predicted octanol–water partition coefficient (Wildman–Crippen LogP) is 6.23. The molecule has 0 aliphatic carbocycles. The summed E-state index contributed by atoms with van der Waals surface area (Å²) in [6.07, 6.45) is 0. The summed E-state index contributed by atoms with van der Waals surface area (Å²) in [6, 6.07) is 17.9.